The molecule has 0 atom stereocenters. The lowest BCUT2D eigenvalue weighted by molar-refractivity contribution is -0.384. The highest BCUT2D eigenvalue weighted by Crippen LogP contribution is 2.37. The number of fused-ring (bicyclic) bond motifs is 3. The minimum Gasteiger partial charge on any atom is -0.453 e. The van der Waals surface area contributed by atoms with Crippen LogP contribution >= 0.6 is 23.2 Å². The van der Waals surface area contributed by atoms with Crippen LogP contribution in [0.25, 0.3) is 33.2 Å². The van der Waals surface area contributed by atoms with Crippen LogP contribution in [0.3, 0.4) is 0 Å². The quantitative estimate of drug-likeness (QED) is 0.126. The summed E-state index contributed by atoms with van der Waals surface area (Å²) in [6.07, 6.45) is 6.18. The highest BCUT2D eigenvalue weighted by Gasteiger charge is 2.14. The summed E-state index contributed by atoms with van der Waals surface area (Å²) in [5.74, 6) is 2.58. The molecule has 0 radical (unpaired) electrons. The smallest absolute Gasteiger partial charge is 0.271 e. The van der Waals surface area contributed by atoms with Crippen LogP contribution in [-0.4, -0.2) is 29.4 Å². The second-order valence-electron chi connectivity index (χ2n) is 10.1. The van der Waals surface area contributed by atoms with E-state index in [0.717, 1.165) is 16.7 Å². The third kappa shape index (κ3) is 6.15. The number of hydrogen-bond acceptors (Lipinski definition) is 11. The van der Waals surface area contributed by atoms with Gasteiger partial charge in [-0.1, -0.05) is 35.3 Å². The van der Waals surface area contributed by atoms with Crippen LogP contribution in [0.4, 0.5) is 17.2 Å². The molecule has 48 heavy (non-hydrogen) atoms. The van der Waals surface area contributed by atoms with Gasteiger partial charge in [-0.05, 0) is 54.6 Å². The number of aryl methyl sites for hydroxylation is 1. The molecule has 4 heterocycles. The molecule has 4 aromatic heterocycles. The molecule has 0 fully saturated rings. The van der Waals surface area contributed by atoms with E-state index in [1.54, 1.807) is 30.3 Å². The zero-order valence-corrected chi connectivity index (χ0v) is 26.2. The fourth-order valence-electron chi connectivity index (χ4n) is 4.82. The Hall–Kier alpha value is -6.18. The van der Waals surface area contributed by atoms with E-state index in [1.807, 2.05) is 48.1 Å². The largest absolute Gasteiger partial charge is 0.453 e. The lowest BCUT2D eigenvalue weighted by Crippen LogP contribution is -1.98. The lowest BCUT2D eigenvalue weighted by Gasteiger charge is -2.11. The van der Waals surface area contributed by atoms with Crippen LogP contribution in [-0.2, 0) is 7.05 Å². The van der Waals surface area contributed by atoms with E-state index in [4.69, 9.17) is 41.5 Å². The number of ether oxygens (including phenoxy) is 2. The SMILES string of the molecule is Cn1ccc2ncnc(Nc3ccc(Oc4cccc5ocnc45)c(Cl)c3)c21.O=[N+]([O-])c1ccc(Oc2cccc3ocnc23)c(Cl)c1. The number of aromatic nitrogens is 5. The molecule has 0 amide bonds. The number of nitrogens with zero attached hydrogens (tertiary/aromatic N) is 6. The van der Waals surface area contributed by atoms with Crippen molar-refractivity contribution in [2.24, 2.45) is 7.05 Å². The maximum absolute atomic E-state index is 10.6. The molecule has 4 aromatic carbocycles. The van der Waals surface area contributed by atoms with Crippen LogP contribution in [0.1, 0.15) is 0 Å². The Labute approximate surface area is 280 Å². The molecular formula is C33H21Cl2N7O6. The van der Waals surface area contributed by atoms with Crippen LogP contribution in [0.2, 0.25) is 10.0 Å². The number of rotatable bonds is 7. The highest BCUT2D eigenvalue weighted by molar-refractivity contribution is 6.32. The van der Waals surface area contributed by atoms with E-state index in [0.29, 0.717) is 56.0 Å². The van der Waals surface area contributed by atoms with Gasteiger partial charge in [-0.2, -0.15) is 0 Å². The van der Waals surface area contributed by atoms with Crippen molar-refractivity contribution in [3.8, 4) is 23.0 Å². The molecule has 0 bridgehead atoms. The average molecular weight is 682 g/mol. The van der Waals surface area contributed by atoms with E-state index in [2.05, 4.69) is 25.3 Å². The van der Waals surface area contributed by atoms with Gasteiger partial charge in [-0.3, -0.25) is 10.1 Å². The molecule has 0 spiro atoms. The Morgan fingerprint density at radius 2 is 1.40 bits per heavy atom. The first-order valence-corrected chi connectivity index (χ1v) is 14.9. The molecular weight excluding hydrogens is 661 g/mol. The van der Waals surface area contributed by atoms with Gasteiger partial charge in [-0.25, -0.2) is 19.9 Å². The number of oxazole rings is 2. The number of non-ortho nitro benzene ring substituents is 1. The standard InChI is InChI=1S/C20H14ClN5O2.C13H7ClN2O4/c1-26-8-7-14-19(26)20(23-10-22-14)25-12-5-6-15(13(21)9-12)28-17-4-2-3-16-18(17)24-11-27-16;14-9-6-8(16(17)18)4-5-10(9)20-12-3-1-2-11-13(12)15-7-19-11/h2-11H,1H3,(H,22,23,25);1-7H. The second kappa shape index (κ2) is 12.9. The van der Waals surface area contributed by atoms with Crippen molar-refractivity contribution in [3.63, 3.8) is 0 Å². The molecule has 0 unspecified atom stereocenters. The molecule has 0 aliphatic rings. The van der Waals surface area contributed by atoms with Gasteiger partial charge >= 0.3 is 0 Å². The average Bonchev–Trinajstić information content (AvgIpc) is 3.85. The summed E-state index contributed by atoms with van der Waals surface area (Å²) in [5.41, 5.74) is 4.92. The zero-order chi connectivity index (χ0) is 33.2. The van der Waals surface area contributed by atoms with E-state index in [9.17, 15) is 10.1 Å². The molecule has 0 saturated carbocycles. The first-order chi connectivity index (χ1) is 23.3. The van der Waals surface area contributed by atoms with Crippen molar-refractivity contribution in [2.75, 3.05) is 5.32 Å². The van der Waals surface area contributed by atoms with Gasteiger partial charge < -0.3 is 28.2 Å². The van der Waals surface area contributed by atoms with E-state index in [1.165, 1.54) is 37.3 Å². The number of nitro groups is 1. The minimum absolute atomic E-state index is 0.0954. The summed E-state index contributed by atoms with van der Waals surface area (Å²) < 4.78 is 24.0. The number of nitrogens with one attached hydrogen (secondary N) is 1. The first-order valence-electron chi connectivity index (χ1n) is 14.1. The third-order valence-corrected chi connectivity index (χ3v) is 7.66. The van der Waals surface area contributed by atoms with E-state index >= 15 is 0 Å². The maximum atomic E-state index is 10.6. The van der Waals surface area contributed by atoms with Crippen molar-refractivity contribution < 1.29 is 23.2 Å². The Morgan fingerprint density at radius 3 is 2.00 bits per heavy atom. The van der Waals surface area contributed by atoms with Crippen LogP contribution in [0.5, 0.6) is 23.0 Å². The van der Waals surface area contributed by atoms with Crippen LogP contribution < -0.4 is 14.8 Å². The molecule has 15 heteroatoms. The lowest BCUT2D eigenvalue weighted by atomic mass is 10.2. The summed E-state index contributed by atoms with van der Waals surface area (Å²) in [6, 6.07) is 22.1. The highest BCUT2D eigenvalue weighted by atomic mass is 35.5. The van der Waals surface area contributed by atoms with Crippen molar-refractivity contribution in [2.45, 2.75) is 0 Å². The number of hydrogen-bond donors (Lipinski definition) is 1. The number of anilines is 2. The summed E-state index contributed by atoms with van der Waals surface area (Å²) in [5, 5.41) is 14.6. The Morgan fingerprint density at radius 1 is 0.771 bits per heavy atom. The van der Waals surface area contributed by atoms with Gasteiger partial charge in [-0.15, -0.1) is 0 Å². The second-order valence-corrected chi connectivity index (χ2v) is 11.0. The predicted octanol–water partition coefficient (Wildman–Crippen LogP) is 9.48. The summed E-state index contributed by atoms with van der Waals surface area (Å²) in [4.78, 5) is 27.0. The first kappa shape index (κ1) is 30.5. The minimum atomic E-state index is -0.520. The third-order valence-electron chi connectivity index (χ3n) is 7.07. The Kier molecular flexibility index (Phi) is 8.19. The van der Waals surface area contributed by atoms with Gasteiger partial charge in [0.2, 0.25) is 0 Å². The maximum Gasteiger partial charge on any atom is 0.271 e. The van der Waals surface area contributed by atoms with Gasteiger partial charge in [0, 0.05) is 31.1 Å². The van der Waals surface area contributed by atoms with Crippen molar-refractivity contribution in [1.82, 2.24) is 24.5 Å². The predicted molar refractivity (Wildman–Crippen MR) is 180 cm³/mol. The van der Waals surface area contributed by atoms with Crippen molar-refractivity contribution in [3.05, 3.63) is 124 Å². The molecule has 1 N–H and O–H groups in total. The molecule has 0 aliphatic heterocycles. The number of halogens is 2. The van der Waals surface area contributed by atoms with Crippen LogP contribution in [0, 0.1) is 10.1 Å². The number of nitro benzene ring substituents is 1. The van der Waals surface area contributed by atoms with Gasteiger partial charge in [0.05, 0.1) is 20.5 Å². The monoisotopic (exact) mass is 681 g/mol. The number of benzene rings is 4. The fraction of sp³-hybridized carbons (Fsp3) is 0.0303. The normalized spacial score (nSPS) is 11.0. The zero-order valence-electron chi connectivity index (χ0n) is 24.7. The van der Waals surface area contributed by atoms with Gasteiger partial charge in [0.15, 0.2) is 52.3 Å². The van der Waals surface area contributed by atoms with Crippen molar-refractivity contribution in [1.29, 1.82) is 0 Å². The topological polar surface area (TPSA) is 156 Å². The molecule has 8 aromatic rings. The summed E-state index contributed by atoms with van der Waals surface area (Å²) >= 11 is 12.4. The molecule has 13 nitrogen and oxygen atoms in total. The summed E-state index contributed by atoms with van der Waals surface area (Å²) in [7, 11) is 1.95. The summed E-state index contributed by atoms with van der Waals surface area (Å²) in [6.45, 7) is 0. The molecule has 0 saturated heterocycles. The van der Waals surface area contributed by atoms with Crippen molar-refractivity contribution >= 4 is 73.6 Å². The number of para-hydroxylation sites is 2. The van der Waals surface area contributed by atoms with E-state index < -0.39 is 4.92 Å². The Balaban J connectivity index is 0.000000161. The fourth-order valence-corrected chi connectivity index (χ4v) is 5.25. The van der Waals surface area contributed by atoms with Gasteiger partial charge in [0.1, 0.15) is 23.3 Å². The Bertz CT molecular complexity index is 2440. The molecule has 8 rings (SSSR count). The molecule has 238 valence electrons. The van der Waals surface area contributed by atoms with E-state index in [-0.39, 0.29) is 10.7 Å². The van der Waals surface area contributed by atoms with Gasteiger partial charge in [0.25, 0.3) is 5.69 Å². The molecule has 0 aliphatic carbocycles. The van der Waals surface area contributed by atoms with Crippen LogP contribution in [0.15, 0.2) is 113 Å².